The van der Waals surface area contributed by atoms with Crippen molar-refractivity contribution in [2.75, 3.05) is 13.6 Å². The van der Waals surface area contributed by atoms with Crippen LogP contribution in [0.25, 0.3) is 0 Å². The molecule has 0 aliphatic rings. The van der Waals surface area contributed by atoms with Crippen LogP contribution in [0.15, 0.2) is 12.1 Å². The zero-order valence-electron chi connectivity index (χ0n) is 9.90. The van der Waals surface area contributed by atoms with Crippen molar-refractivity contribution in [3.8, 4) is 0 Å². The van der Waals surface area contributed by atoms with Crippen LogP contribution in [0.5, 0.6) is 0 Å². The number of halogens is 1. The highest BCUT2D eigenvalue weighted by Gasteiger charge is 2.16. The molecule has 1 heterocycles. The third-order valence-corrected chi connectivity index (χ3v) is 3.33. The zero-order valence-corrected chi connectivity index (χ0v) is 11.5. The number of aryl methyl sites for hydroxylation is 1. The van der Waals surface area contributed by atoms with Gasteiger partial charge in [0.1, 0.15) is 0 Å². The van der Waals surface area contributed by atoms with Gasteiger partial charge in [-0.1, -0.05) is 6.92 Å². The van der Waals surface area contributed by atoms with Crippen molar-refractivity contribution >= 4 is 29.7 Å². The molecule has 1 aromatic rings. The largest absolute Gasteiger partial charge is 0.340 e. The Balaban J connectivity index is 0.00000225. The highest BCUT2D eigenvalue weighted by Crippen LogP contribution is 2.17. The van der Waals surface area contributed by atoms with E-state index in [1.54, 1.807) is 16.2 Å². The molecule has 0 aromatic carbocycles. The summed E-state index contributed by atoms with van der Waals surface area (Å²) >= 11 is 1.73. The van der Waals surface area contributed by atoms with E-state index < -0.39 is 0 Å². The van der Waals surface area contributed by atoms with Gasteiger partial charge in [-0.3, -0.25) is 4.79 Å². The van der Waals surface area contributed by atoms with E-state index in [0.29, 0.717) is 13.1 Å². The van der Waals surface area contributed by atoms with Crippen molar-refractivity contribution < 1.29 is 4.79 Å². The fourth-order valence-corrected chi connectivity index (χ4v) is 2.30. The molecule has 0 aliphatic heterocycles. The van der Waals surface area contributed by atoms with E-state index in [9.17, 15) is 4.79 Å². The minimum absolute atomic E-state index is 0. The minimum atomic E-state index is -0.0870. The summed E-state index contributed by atoms with van der Waals surface area (Å²) in [7, 11) is 1.82. The molecule has 2 N–H and O–H groups in total. The van der Waals surface area contributed by atoms with Gasteiger partial charge in [-0.05, 0) is 19.1 Å². The third kappa shape index (κ3) is 4.12. The average Bonchev–Trinajstić information content (AvgIpc) is 2.61. The maximum atomic E-state index is 11.7. The van der Waals surface area contributed by atoms with Crippen LogP contribution >= 0.6 is 23.7 Å². The number of nitrogens with two attached hydrogens (primary N) is 1. The summed E-state index contributed by atoms with van der Waals surface area (Å²) in [6.07, 6.45) is 0. The lowest BCUT2D eigenvalue weighted by Crippen LogP contribution is -2.34. The van der Waals surface area contributed by atoms with E-state index >= 15 is 0 Å². The number of carbonyl (C=O) groups excluding carboxylic acids is 1. The molecule has 1 unspecified atom stereocenters. The Morgan fingerprint density at radius 3 is 2.62 bits per heavy atom. The lowest BCUT2D eigenvalue weighted by Gasteiger charge is -2.19. The second-order valence-electron chi connectivity index (χ2n) is 3.84. The molecule has 1 rings (SSSR count). The molecule has 16 heavy (non-hydrogen) atoms. The van der Waals surface area contributed by atoms with Crippen LogP contribution in [0.2, 0.25) is 0 Å². The van der Waals surface area contributed by atoms with Crippen molar-refractivity contribution in [1.82, 2.24) is 4.90 Å². The molecular weight excluding hydrogens is 244 g/mol. The number of amides is 1. The Morgan fingerprint density at radius 1 is 1.56 bits per heavy atom. The van der Waals surface area contributed by atoms with Gasteiger partial charge in [0.05, 0.1) is 6.54 Å². The molecule has 0 fully saturated rings. The second-order valence-corrected chi connectivity index (χ2v) is 5.22. The normalized spacial score (nSPS) is 11.8. The number of carbonyl (C=O) groups is 1. The SMILES string of the molecule is Cc1ccc(CN(C)C(=O)C(C)CN)s1.Cl. The van der Waals surface area contributed by atoms with Crippen molar-refractivity contribution in [3.05, 3.63) is 21.9 Å². The van der Waals surface area contributed by atoms with Gasteiger partial charge in [0.15, 0.2) is 0 Å². The number of hydrogen-bond donors (Lipinski definition) is 1. The molecule has 1 atom stereocenters. The summed E-state index contributed by atoms with van der Waals surface area (Å²) in [5.41, 5.74) is 5.46. The Morgan fingerprint density at radius 2 is 2.19 bits per heavy atom. The van der Waals surface area contributed by atoms with Crippen LogP contribution in [0, 0.1) is 12.8 Å². The Bertz CT molecular complexity index is 340. The van der Waals surface area contributed by atoms with E-state index in [1.807, 2.05) is 14.0 Å². The first-order valence-corrected chi connectivity index (χ1v) is 5.86. The van der Waals surface area contributed by atoms with Gasteiger partial charge in [0.2, 0.25) is 5.91 Å². The summed E-state index contributed by atoms with van der Waals surface area (Å²) in [6.45, 7) is 5.02. The van der Waals surface area contributed by atoms with Gasteiger partial charge in [-0.15, -0.1) is 23.7 Å². The molecule has 0 spiro atoms. The molecule has 92 valence electrons. The summed E-state index contributed by atoms with van der Waals surface area (Å²) in [5.74, 6) is 0.0274. The highest BCUT2D eigenvalue weighted by molar-refractivity contribution is 7.11. The molecule has 5 heteroatoms. The molecule has 1 amide bonds. The summed E-state index contributed by atoms with van der Waals surface area (Å²) < 4.78 is 0. The Hall–Kier alpha value is -0.580. The van der Waals surface area contributed by atoms with Gasteiger partial charge in [-0.2, -0.15) is 0 Å². The van der Waals surface area contributed by atoms with Crippen LogP contribution in [0.3, 0.4) is 0 Å². The molecule has 3 nitrogen and oxygen atoms in total. The van der Waals surface area contributed by atoms with Gasteiger partial charge >= 0.3 is 0 Å². The van der Waals surface area contributed by atoms with Crippen molar-refractivity contribution in [2.24, 2.45) is 11.7 Å². The predicted octanol–water partition coefficient (Wildman–Crippen LogP) is 2.03. The van der Waals surface area contributed by atoms with E-state index in [0.717, 1.165) is 0 Å². The topological polar surface area (TPSA) is 46.3 Å². The van der Waals surface area contributed by atoms with Gasteiger partial charge in [0, 0.05) is 29.3 Å². The molecular formula is C11H19ClN2OS. The lowest BCUT2D eigenvalue weighted by molar-refractivity contribution is -0.133. The minimum Gasteiger partial charge on any atom is -0.340 e. The summed E-state index contributed by atoms with van der Waals surface area (Å²) in [6, 6.07) is 4.14. The molecule has 0 aliphatic carbocycles. The smallest absolute Gasteiger partial charge is 0.226 e. The maximum Gasteiger partial charge on any atom is 0.226 e. The number of nitrogens with zero attached hydrogens (tertiary/aromatic N) is 1. The van der Waals surface area contributed by atoms with Crippen molar-refractivity contribution in [2.45, 2.75) is 20.4 Å². The quantitative estimate of drug-likeness (QED) is 0.903. The van der Waals surface area contributed by atoms with E-state index in [4.69, 9.17) is 5.73 Å². The van der Waals surface area contributed by atoms with E-state index in [1.165, 1.54) is 9.75 Å². The molecule has 0 bridgehead atoms. The fraction of sp³-hybridized carbons (Fsp3) is 0.545. The third-order valence-electron chi connectivity index (χ3n) is 2.34. The van der Waals surface area contributed by atoms with Gasteiger partial charge in [0.25, 0.3) is 0 Å². The highest BCUT2D eigenvalue weighted by atomic mass is 35.5. The van der Waals surface area contributed by atoms with Crippen LogP contribution in [0.4, 0.5) is 0 Å². The first kappa shape index (κ1) is 15.4. The molecule has 0 radical (unpaired) electrons. The molecule has 0 saturated carbocycles. The lowest BCUT2D eigenvalue weighted by atomic mass is 10.1. The van der Waals surface area contributed by atoms with Crippen LogP contribution in [0.1, 0.15) is 16.7 Å². The summed E-state index contributed by atoms with van der Waals surface area (Å²) in [4.78, 5) is 16.0. The van der Waals surface area contributed by atoms with Crippen molar-refractivity contribution in [3.63, 3.8) is 0 Å². The standard InChI is InChI=1S/C11H18N2OS.ClH/c1-8(6-12)11(14)13(3)7-10-5-4-9(2)15-10;/h4-5,8H,6-7,12H2,1-3H3;1H. The van der Waals surface area contributed by atoms with E-state index in [2.05, 4.69) is 19.1 Å². The Labute approximate surface area is 107 Å². The van der Waals surface area contributed by atoms with Crippen LogP contribution in [-0.2, 0) is 11.3 Å². The first-order valence-electron chi connectivity index (χ1n) is 5.05. The number of rotatable bonds is 4. The molecule has 1 aromatic heterocycles. The first-order chi connectivity index (χ1) is 7.04. The Kier molecular flexibility index (Phi) is 6.64. The zero-order chi connectivity index (χ0) is 11.4. The maximum absolute atomic E-state index is 11.7. The van der Waals surface area contributed by atoms with Crippen LogP contribution in [-0.4, -0.2) is 24.4 Å². The monoisotopic (exact) mass is 262 g/mol. The predicted molar refractivity (Wildman–Crippen MR) is 71.0 cm³/mol. The fourth-order valence-electron chi connectivity index (χ4n) is 1.36. The van der Waals surface area contributed by atoms with Gasteiger partial charge < -0.3 is 10.6 Å². The number of thiophene rings is 1. The average molecular weight is 263 g/mol. The number of hydrogen-bond acceptors (Lipinski definition) is 3. The summed E-state index contributed by atoms with van der Waals surface area (Å²) in [5, 5.41) is 0. The second kappa shape index (κ2) is 6.89. The van der Waals surface area contributed by atoms with Crippen molar-refractivity contribution in [1.29, 1.82) is 0 Å². The van der Waals surface area contributed by atoms with Crippen LogP contribution < -0.4 is 5.73 Å². The van der Waals surface area contributed by atoms with Gasteiger partial charge in [-0.25, -0.2) is 0 Å². The van der Waals surface area contributed by atoms with E-state index in [-0.39, 0.29) is 24.2 Å². The molecule has 0 saturated heterocycles.